The van der Waals surface area contributed by atoms with Gasteiger partial charge >= 0.3 is 0 Å². The zero-order chi connectivity index (χ0) is 12.8. The van der Waals surface area contributed by atoms with Crippen molar-refractivity contribution in [1.82, 2.24) is 10.6 Å². The Balaban J connectivity index is 2.46. The van der Waals surface area contributed by atoms with Gasteiger partial charge in [0.15, 0.2) is 0 Å². The molecule has 0 aliphatic heterocycles. The summed E-state index contributed by atoms with van der Waals surface area (Å²) in [5.74, 6) is 0.0194. The minimum atomic E-state index is 0.0194. The summed E-state index contributed by atoms with van der Waals surface area (Å²) in [6.45, 7) is 9.37. The summed E-state index contributed by atoms with van der Waals surface area (Å²) in [5, 5.41) is 6.17. The molecule has 17 heavy (non-hydrogen) atoms. The molecule has 3 nitrogen and oxygen atoms in total. The Bertz CT molecular complexity index is 388. The van der Waals surface area contributed by atoms with E-state index < -0.39 is 0 Å². The second kappa shape index (κ2) is 6.40. The average molecular weight is 234 g/mol. The van der Waals surface area contributed by atoms with Gasteiger partial charge in [-0.05, 0) is 31.9 Å². The number of nitrogens with one attached hydrogen (secondary N) is 2. The molecule has 0 aromatic heterocycles. The molecule has 1 unspecified atom stereocenters. The highest BCUT2D eigenvalue weighted by atomic mass is 16.1. The molecule has 0 spiro atoms. The summed E-state index contributed by atoms with van der Waals surface area (Å²) in [6, 6.07) is 6.81. The molecule has 0 saturated carbocycles. The highest BCUT2D eigenvalue weighted by molar-refractivity contribution is 5.72. The summed E-state index contributed by atoms with van der Waals surface area (Å²) >= 11 is 0. The zero-order valence-electron chi connectivity index (χ0n) is 11.1. The van der Waals surface area contributed by atoms with Crippen molar-refractivity contribution in [3.63, 3.8) is 0 Å². The fourth-order valence-electron chi connectivity index (χ4n) is 1.95. The number of carbonyl (C=O) groups excluding carboxylic acids is 1. The number of rotatable bonds is 5. The molecule has 0 aliphatic carbocycles. The molecular weight excluding hydrogens is 212 g/mol. The van der Waals surface area contributed by atoms with Crippen molar-refractivity contribution in [3.05, 3.63) is 34.9 Å². The van der Waals surface area contributed by atoms with Gasteiger partial charge in [0.1, 0.15) is 0 Å². The van der Waals surface area contributed by atoms with E-state index in [2.05, 4.69) is 49.6 Å². The summed E-state index contributed by atoms with van der Waals surface area (Å²) in [4.78, 5) is 10.7. The van der Waals surface area contributed by atoms with Crippen LogP contribution in [0, 0.1) is 13.8 Å². The Morgan fingerprint density at radius 1 is 1.29 bits per heavy atom. The predicted molar refractivity (Wildman–Crippen MR) is 71.0 cm³/mol. The van der Waals surface area contributed by atoms with Crippen molar-refractivity contribution in [2.24, 2.45) is 0 Å². The Hall–Kier alpha value is -1.35. The van der Waals surface area contributed by atoms with Crippen LogP contribution in [0.2, 0.25) is 0 Å². The minimum Gasteiger partial charge on any atom is -0.355 e. The lowest BCUT2D eigenvalue weighted by Gasteiger charge is -2.17. The first-order chi connectivity index (χ1) is 8.00. The van der Waals surface area contributed by atoms with Crippen LogP contribution in [0.1, 0.15) is 36.6 Å². The van der Waals surface area contributed by atoms with Crippen molar-refractivity contribution in [2.75, 3.05) is 13.1 Å². The van der Waals surface area contributed by atoms with Gasteiger partial charge in [-0.1, -0.05) is 23.8 Å². The molecule has 1 rings (SSSR count). The van der Waals surface area contributed by atoms with Crippen LogP contribution in [0.5, 0.6) is 0 Å². The quantitative estimate of drug-likeness (QED) is 0.766. The van der Waals surface area contributed by atoms with Gasteiger partial charge in [0.25, 0.3) is 0 Å². The standard InChI is InChI=1S/C14H22N2O/c1-10-5-6-14(11(2)9-10)12(3)15-7-8-16-13(4)17/h5-6,9,12,15H,7-8H2,1-4H3,(H,16,17). The molecule has 94 valence electrons. The van der Waals surface area contributed by atoms with E-state index >= 15 is 0 Å². The van der Waals surface area contributed by atoms with Crippen LogP contribution >= 0.6 is 0 Å². The first-order valence-electron chi connectivity index (χ1n) is 6.05. The van der Waals surface area contributed by atoms with E-state index in [0.29, 0.717) is 12.6 Å². The number of benzene rings is 1. The summed E-state index contributed by atoms with van der Waals surface area (Å²) in [5.41, 5.74) is 3.92. The number of hydrogen-bond donors (Lipinski definition) is 2. The van der Waals surface area contributed by atoms with E-state index in [1.807, 2.05) is 0 Å². The highest BCUT2D eigenvalue weighted by Gasteiger charge is 2.07. The highest BCUT2D eigenvalue weighted by Crippen LogP contribution is 2.18. The molecule has 2 N–H and O–H groups in total. The topological polar surface area (TPSA) is 41.1 Å². The molecule has 1 aromatic carbocycles. The molecule has 0 heterocycles. The molecule has 0 bridgehead atoms. The van der Waals surface area contributed by atoms with Crippen LogP contribution in [0.4, 0.5) is 0 Å². The van der Waals surface area contributed by atoms with E-state index in [1.54, 1.807) is 0 Å². The second-order valence-electron chi connectivity index (χ2n) is 4.52. The largest absolute Gasteiger partial charge is 0.355 e. The predicted octanol–water partition coefficient (Wildman–Crippen LogP) is 2.09. The van der Waals surface area contributed by atoms with E-state index in [9.17, 15) is 4.79 Å². The van der Waals surface area contributed by atoms with Crippen LogP contribution in [0.25, 0.3) is 0 Å². The maximum absolute atomic E-state index is 10.7. The second-order valence-corrected chi connectivity index (χ2v) is 4.52. The third-order valence-corrected chi connectivity index (χ3v) is 2.84. The molecular formula is C14H22N2O. The fraction of sp³-hybridized carbons (Fsp3) is 0.500. The van der Waals surface area contributed by atoms with E-state index in [1.165, 1.54) is 23.6 Å². The zero-order valence-corrected chi connectivity index (χ0v) is 11.1. The van der Waals surface area contributed by atoms with Crippen LogP contribution < -0.4 is 10.6 Å². The first kappa shape index (κ1) is 13.7. The molecule has 3 heteroatoms. The van der Waals surface area contributed by atoms with Gasteiger partial charge in [-0.15, -0.1) is 0 Å². The minimum absolute atomic E-state index is 0.0194. The lowest BCUT2D eigenvalue weighted by molar-refractivity contribution is -0.118. The van der Waals surface area contributed by atoms with E-state index in [4.69, 9.17) is 0 Å². The molecule has 0 fully saturated rings. The SMILES string of the molecule is CC(=O)NCCNC(C)c1ccc(C)cc1C. The Labute approximate surface area is 104 Å². The summed E-state index contributed by atoms with van der Waals surface area (Å²) < 4.78 is 0. The first-order valence-corrected chi connectivity index (χ1v) is 6.05. The molecule has 0 radical (unpaired) electrons. The third kappa shape index (κ3) is 4.57. The monoisotopic (exact) mass is 234 g/mol. The smallest absolute Gasteiger partial charge is 0.216 e. The number of amides is 1. The maximum atomic E-state index is 10.7. The lowest BCUT2D eigenvalue weighted by Crippen LogP contribution is -2.31. The van der Waals surface area contributed by atoms with Gasteiger partial charge in [-0.2, -0.15) is 0 Å². The van der Waals surface area contributed by atoms with Crippen molar-refractivity contribution in [3.8, 4) is 0 Å². The Kier molecular flexibility index (Phi) is 5.16. The molecule has 1 aromatic rings. The maximum Gasteiger partial charge on any atom is 0.216 e. The lowest BCUT2D eigenvalue weighted by atomic mass is 10.0. The molecule has 0 aliphatic rings. The van der Waals surface area contributed by atoms with Crippen molar-refractivity contribution >= 4 is 5.91 Å². The van der Waals surface area contributed by atoms with Gasteiger partial charge in [-0.25, -0.2) is 0 Å². The van der Waals surface area contributed by atoms with Crippen LogP contribution in [0.15, 0.2) is 18.2 Å². The molecule has 1 atom stereocenters. The molecule has 0 saturated heterocycles. The normalized spacial score (nSPS) is 12.2. The van der Waals surface area contributed by atoms with Gasteiger partial charge < -0.3 is 10.6 Å². The summed E-state index contributed by atoms with van der Waals surface area (Å²) in [7, 11) is 0. The van der Waals surface area contributed by atoms with Crippen molar-refractivity contribution in [1.29, 1.82) is 0 Å². The van der Waals surface area contributed by atoms with Gasteiger partial charge in [0, 0.05) is 26.1 Å². The van der Waals surface area contributed by atoms with Crippen LogP contribution in [-0.2, 0) is 4.79 Å². The third-order valence-electron chi connectivity index (χ3n) is 2.84. The number of carbonyl (C=O) groups is 1. The van der Waals surface area contributed by atoms with Gasteiger partial charge in [0.05, 0.1) is 0 Å². The van der Waals surface area contributed by atoms with E-state index in [0.717, 1.165) is 6.54 Å². The average Bonchev–Trinajstić information content (AvgIpc) is 2.23. The van der Waals surface area contributed by atoms with Crippen molar-refractivity contribution in [2.45, 2.75) is 33.7 Å². The van der Waals surface area contributed by atoms with Gasteiger partial charge in [-0.3, -0.25) is 4.79 Å². The Morgan fingerprint density at radius 2 is 2.00 bits per heavy atom. The number of hydrogen-bond acceptors (Lipinski definition) is 2. The van der Waals surface area contributed by atoms with E-state index in [-0.39, 0.29) is 5.91 Å². The fourth-order valence-corrected chi connectivity index (χ4v) is 1.95. The summed E-state index contributed by atoms with van der Waals surface area (Å²) in [6.07, 6.45) is 0. The molecule has 1 amide bonds. The number of aryl methyl sites for hydroxylation is 2. The van der Waals surface area contributed by atoms with Gasteiger partial charge in [0.2, 0.25) is 5.91 Å². The van der Waals surface area contributed by atoms with Crippen molar-refractivity contribution < 1.29 is 4.79 Å². The van der Waals surface area contributed by atoms with Crippen LogP contribution in [-0.4, -0.2) is 19.0 Å². The Morgan fingerprint density at radius 3 is 2.59 bits per heavy atom. The van der Waals surface area contributed by atoms with Crippen LogP contribution in [0.3, 0.4) is 0 Å².